The standard InChI is InChI=1S/C13H18N4O/c1-8-7-17(5-4-12(8)18)13-15-10-3-2-9(14)6-11(10)16-13/h2-3,6,8,12,18H,4-5,7,14H2,1H3,(H,15,16). The summed E-state index contributed by atoms with van der Waals surface area (Å²) < 4.78 is 0. The molecule has 0 spiro atoms. The van der Waals surface area contributed by atoms with E-state index in [2.05, 4.69) is 21.8 Å². The number of nitrogens with zero attached hydrogens (tertiary/aromatic N) is 2. The van der Waals surface area contributed by atoms with Gasteiger partial charge in [0.2, 0.25) is 5.95 Å². The normalized spacial score (nSPS) is 24.7. The van der Waals surface area contributed by atoms with Gasteiger partial charge in [-0.25, -0.2) is 4.98 Å². The van der Waals surface area contributed by atoms with E-state index in [1.165, 1.54) is 0 Å². The van der Waals surface area contributed by atoms with Gasteiger partial charge in [0.25, 0.3) is 0 Å². The zero-order chi connectivity index (χ0) is 12.7. The number of aromatic nitrogens is 2. The van der Waals surface area contributed by atoms with Crippen LogP contribution in [-0.2, 0) is 0 Å². The van der Waals surface area contributed by atoms with Crippen molar-refractivity contribution in [2.24, 2.45) is 5.92 Å². The van der Waals surface area contributed by atoms with Crippen LogP contribution >= 0.6 is 0 Å². The van der Waals surface area contributed by atoms with Crippen molar-refractivity contribution in [3.05, 3.63) is 18.2 Å². The summed E-state index contributed by atoms with van der Waals surface area (Å²) in [5.41, 5.74) is 8.38. The lowest BCUT2D eigenvalue weighted by Crippen LogP contribution is -2.42. The molecule has 3 rings (SSSR count). The van der Waals surface area contributed by atoms with Crippen LogP contribution in [-0.4, -0.2) is 34.3 Å². The fourth-order valence-corrected chi connectivity index (χ4v) is 2.49. The Morgan fingerprint density at radius 3 is 3.11 bits per heavy atom. The van der Waals surface area contributed by atoms with E-state index in [0.717, 1.165) is 42.2 Å². The minimum absolute atomic E-state index is 0.193. The molecule has 5 heteroatoms. The van der Waals surface area contributed by atoms with E-state index in [9.17, 15) is 5.11 Å². The van der Waals surface area contributed by atoms with Gasteiger partial charge >= 0.3 is 0 Å². The van der Waals surface area contributed by atoms with E-state index in [1.54, 1.807) is 0 Å². The zero-order valence-corrected chi connectivity index (χ0v) is 10.4. The largest absolute Gasteiger partial charge is 0.399 e. The van der Waals surface area contributed by atoms with Gasteiger partial charge in [0.1, 0.15) is 0 Å². The highest BCUT2D eigenvalue weighted by molar-refractivity contribution is 5.80. The molecule has 2 aromatic rings. The third-order valence-corrected chi connectivity index (χ3v) is 3.65. The maximum atomic E-state index is 9.74. The quantitative estimate of drug-likeness (QED) is 0.664. The first kappa shape index (κ1) is 11.3. The fraction of sp³-hybridized carbons (Fsp3) is 0.462. The summed E-state index contributed by atoms with van der Waals surface area (Å²) in [6.07, 6.45) is 0.599. The lowest BCUT2D eigenvalue weighted by molar-refractivity contribution is 0.0967. The van der Waals surface area contributed by atoms with Crippen LogP contribution in [0.25, 0.3) is 11.0 Å². The second kappa shape index (κ2) is 4.17. The lowest BCUT2D eigenvalue weighted by atomic mass is 9.97. The Labute approximate surface area is 106 Å². The number of H-pyrrole nitrogens is 1. The number of nitrogens with two attached hydrogens (primary N) is 1. The van der Waals surface area contributed by atoms with Gasteiger partial charge in [0, 0.05) is 18.8 Å². The Kier molecular flexibility index (Phi) is 2.63. The van der Waals surface area contributed by atoms with Crippen molar-refractivity contribution in [2.75, 3.05) is 23.7 Å². The van der Waals surface area contributed by atoms with Crippen LogP contribution in [0.1, 0.15) is 13.3 Å². The van der Waals surface area contributed by atoms with Gasteiger partial charge in [0.05, 0.1) is 17.1 Å². The molecule has 1 saturated heterocycles. The average molecular weight is 246 g/mol. The van der Waals surface area contributed by atoms with Gasteiger partial charge < -0.3 is 20.7 Å². The summed E-state index contributed by atoms with van der Waals surface area (Å²) in [7, 11) is 0. The van der Waals surface area contributed by atoms with Crippen molar-refractivity contribution in [2.45, 2.75) is 19.4 Å². The Balaban J connectivity index is 1.90. The summed E-state index contributed by atoms with van der Waals surface area (Å²) in [5.74, 6) is 1.14. The first-order chi connectivity index (χ1) is 8.63. The van der Waals surface area contributed by atoms with Gasteiger partial charge in [-0.2, -0.15) is 0 Å². The Bertz CT molecular complexity index is 565. The number of rotatable bonds is 1. The maximum absolute atomic E-state index is 9.74. The van der Waals surface area contributed by atoms with Crippen molar-refractivity contribution in [3.8, 4) is 0 Å². The number of aromatic amines is 1. The molecule has 2 unspecified atom stereocenters. The number of piperidine rings is 1. The van der Waals surface area contributed by atoms with E-state index in [4.69, 9.17) is 5.73 Å². The van der Waals surface area contributed by atoms with Crippen LogP contribution in [0.5, 0.6) is 0 Å². The smallest absolute Gasteiger partial charge is 0.203 e. The van der Waals surface area contributed by atoms with E-state index >= 15 is 0 Å². The Morgan fingerprint density at radius 1 is 1.50 bits per heavy atom. The highest BCUT2D eigenvalue weighted by Crippen LogP contribution is 2.24. The van der Waals surface area contributed by atoms with Crippen molar-refractivity contribution in [1.82, 2.24) is 9.97 Å². The third-order valence-electron chi connectivity index (χ3n) is 3.65. The molecule has 1 aromatic carbocycles. The topological polar surface area (TPSA) is 78.2 Å². The molecule has 18 heavy (non-hydrogen) atoms. The monoisotopic (exact) mass is 246 g/mol. The van der Waals surface area contributed by atoms with Crippen LogP contribution < -0.4 is 10.6 Å². The van der Waals surface area contributed by atoms with Gasteiger partial charge in [0.15, 0.2) is 0 Å². The predicted octanol–water partition coefficient (Wildman–Crippen LogP) is 1.35. The predicted molar refractivity (Wildman–Crippen MR) is 72.5 cm³/mol. The SMILES string of the molecule is CC1CN(c2nc3ccc(N)cc3[nH]2)CCC1O. The molecular formula is C13H18N4O. The van der Waals surface area contributed by atoms with Gasteiger partial charge in [-0.15, -0.1) is 0 Å². The van der Waals surface area contributed by atoms with E-state index in [1.807, 2.05) is 18.2 Å². The van der Waals surface area contributed by atoms with E-state index < -0.39 is 0 Å². The van der Waals surface area contributed by atoms with Crippen molar-refractivity contribution >= 4 is 22.7 Å². The van der Waals surface area contributed by atoms with Crippen LogP contribution in [0.2, 0.25) is 0 Å². The molecule has 5 nitrogen and oxygen atoms in total. The molecule has 96 valence electrons. The molecule has 1 aliphatic rings. The summed E-state index contributed by atoms with van der Waals surface area (Å²) in [4.78, 5) is 10.1. The van der Waals surface area contributed by atoms with E-state index in [-0.39, 0.29) is 12.0 Å². The molecule has 1 fully saturated rings. The third kappa shape index (κ3) is 1.90. The van der Waals surface area contributed by atoms with E-state index in [0.29, 0.717) is 0 Å². The molecule has 0 aliphatic carbocycles. The summed E-state index contributed by atoms with van der Waals surface area (Å²) in [6.45, 7) is 3.73. The molecular weight excluding hydrogens is 228 g/mol. The number of aliphatic hydroxyl groups excluding tert-OH is 1. The second-order valence-electron chi connectivity index (χ2n) is 5.12. The molecule has 0 saturated carbocycles. The van der Waals surface area contributed by atoms with Crippen LogP contribution in [0, 0.1) is 5.92 Å². The molecule has 0 radical (unpaired) electrons. The fourth-order valence-electron chi connectivity index (χ4n) is 2.49. The van der Waals surface area contributed by atoms with Crippen LogP contribution in [0.3, 0.4) is 0 Å². The zero-order valence-electron chi connectivity index (χ0n) is 10.4. The van der Waals surface area contributed by atoms with Crippen molar-refractivity contribution in [1.29, 1.82) is 0 Å². The van der Waals surface area contributed by atoms with Gasteiger partial charge in [-0.05, 0) is 30.5 Å². The average Bonchev–Trinajstić information content (AvgIpc) is 2.75. The number of hydrogen-bond acceptors (Lipinski definition) is 4. The Morgan fingerprint density at radius 2 is 2.33 bits per heavy atom. The minimum atomic E-state index is -0.193. The van der Waals surface area contributed by atoms with Crippen LogP contribution in [0.15, 0.2) is 18.2 Å². The number of nitrogen functional groups attached to an aromatic ring is 1. The number of imidazole rings is 1. The molecule has 0 amide bonds. The maximum Gasteiger partial charge on any atom is 0.203 e. The summed E-state index contributed by atoms with van der Waals surface area (Å²) in [5, 5.41) is 9.74. The highest BCUT2D eigenvalue weighted by atomic mass is 16.3. The molecule has 0 bridgehead atoms. The number of benzene rings is 1. The van der Waals surface area contributed by atoms with Crippen molar-refractivity contribution < 1.29 is 5.11 Å². The number of anilines is 2. The van der Waals surface area contributed by atoms with Crippen LogP contribution in [0.4, 0.5) is 11.6 Å². The molecule has 2 heterocycles. The number of hydrogen-bond donors (Lipinski definition) is 3. The number of nitrogens with one attached hydrogen (secondary N) is 1. The lowest BCUT2D eigenvalue weighted by Gasteiger charge is -2.34. The number of aliphatic hydroxyl groups is 1. The first-order valence-electron chi connectivity index (χ1n) is 6.32. The molecule has 1 aliphatic heterocycles. The summed E-state index contributed by atoms with van der Waals surface area (Å²) >= 11 is 0. The first-order valence-corrected chi connectivity index (χ1v) is 6.32. The second-order valence-corrected chi connectivity index (χ2v) is 5.12. The molecule has 1 aromatic heterocycles. The molecule has 2 atom stereocenters. The highest BCUT2D eigenvalue weighted by Gasteiger charge is 2.25. The molecule has 4 N–H and O–H groups in total. The number of fused-ring (bicyclic) bond motifs is 1. The van der Waals surface area contributed by atoms with Gasteiger partial charge in [-0.1, -0.05) is 6.92 Å². The minimum Gasteiger partial charge on any atom is -0.399 e. The summed E-state index contributed by atoms with van der Waals surface area (Å²) in [6, 6.07) is 5.68. The van der Waals surface area contributed by atoms with Gasteiger partial charge in [-0.3, -0.25) is 0 Å². The van der Waals surface area contributed by atoms with Crippen molar-refractivity contribution in [3.63, 3.8) is 0 Å². The Hall–Kier alpha value is -1.75.